The highest BCUT2D eigenvalue weighted by Crippen LogP contribution is 2.17. The molecule has 1 saturated carbocycles. The summed E-state index contributed by atoms with van der Waals surface area (Å²) in [5.74, 6) is 0. The molecular weight excluding hydrogens is 247 g/mol. The number of likely N-dealkylation sites (N-methyl/N-ethyl adjacent to an activating group) is 1. The molecule has 0 radical (unpaired) electrons. The number of nitrogens with one attached hydrogen (secondary N) is 2. The van der Waals surface area contributed by atoms with Crippen LogP contribution in [0.25, 0.3) is 0 Å². The molecule has 0 aliphatic heterocycles. The quantitative estimate of drug-likeness (QED) is 0.690. The Morgan fingerprint density at radius 2 is 1.75 bits per heavy atom. The van der Waals surface area contributed by atoms with E-state index in [0.29, 0.717) is 12.6 Å². The van der Waals surface area contributed by atoms with E-state index in [1.807, 2.05) is 0 Å². The Hall–Kier alpha value is 0.460. The lowest BCUT2D eigenvalue weighted by molar-refractivity contribution is 0.161. The standard InChI is InChI=1S/C11H24N2O.2ClH/c1-2-12-8-11(14)9-13-10-6-4-3-5-7-10;;/h10-14H,2-9H2,1H3;2*1H. The average Bonchev–Trinajstić information content (AvgIpc) is 2.25. The monoisotopic (exact) mass is 272 g/mol. The van der Waals surface area contributed by atoms with Crippen LogP contribution in [0.1, 0.15) is 39.0 Å². The normalized spacial score (nSPS) is 18.4. The van der Waals surface area contributed by atoms with Gasteiger partial charge in [0, 0.05) is 19.1 Å². The van der Waals surface area contributed by atoms with Gasteiger partial charge in [-0.05, 0) is 19.4 Å². The van der Waals surface area contributed by atoms with E-state index in [4.69, 9.17) is 0 Å². The van der Waals surface area contributed by atoms with Crippen molar-refractivity contribution in [2.45, 2.75) is 51.2 Å². The van der Waals surface area contributed by atoms with Gasteiger partial charge in [-0.3, -0.25) is 0 Å². The van der Waals surface area contributed by atoms with Crippen molar-refractivity contribution in [3.63, 3.8) is 0 Å². The first kappa shape index (κ1) is 18.8. The summed E-state index contributed by atoms with van der Waals surface area (Å²) in [6, 6.07) is 0.653. The van der Waals surface area contributed by atoms with Gasteiger partial charge in [0.05, 0.1) is 6.10 Å². The molecule has 0 aromatic rings. The van der Waals surface area contributed by atoms with Crippen LogP contribution < -0.4 is 10.6 Å². The topological polar surface area (TPSA) is 44.3 Å². The van der Waals surface area contributed by atoms with Crippen molar-refractivity contribution in [3.8, 4) is 0 Å². The van der Waals surface area contributed by atoms with Crippen LogP contribution in [0.5, 0.6) is 0 Å². The van der Waals surface area contributed by atoms with Crippen molar-refractivity contribution in [2.75, 3.05) is 19.6 Å². The molecule has 3 nitrogen and oxygen atoms in total. The molecule has 0 aromatic heterocycles. The number of halogens is 2. The predicted octanol–water partition coefficient (Wildman–Crippen LogP) is 1.72. The van der Waals surface area contributed by atoms with Gasteiger partial charge in [-0.15, -0.1) is 24.8 Å². The molecule has 5 heteroatoms. The van der Waals surface area contributed by atoms with E-state index in [1.54, 1.807) is 0 Å². The van der Waals surface area contributed by atoms with Crippen molar-refractivity contribution < 1.29 is 5.11 Å². The Labute approximate surface area is 112 Å². The second-order valence-electron chi connectivity index (χ2n) is 4.20. The highest BCUT2D eigenvalue weighted by molar-refractivity contribution is 5.85. The fourth-order valence-electron chi connectivity index (χ4n) is 1.99. The van der Waals surface area contributed by atoms with E-state index in [1.165, 1.54) is 32.1 Å². The summed E-state index contributed by atoms with van der Waals surface area (Å²) < 4.78 is 0. The first-order valence-electron chi connectivity index (χ1n) is 5.95. The molecule has 100 valence electrons. The molecule has 0 saturated heterocycles. The first-order valence-corrected chi connectivity index (χ1v) is 5.95. The third-order valence-corrected chi connectivity index (χ3v) is 2.88. The number of hydrogen-bond acceptors (Lipinski definition) is 3. The largest absolute Gasteiger partial charge is 0.390 e. The molecule has 1 unspecified atom stereocenters. The molecule has 0 heterocycles. The zero-order chi connectivity index (χ0) is 10.2. The summed E-state index contributed by atoms with van der Waals surface area (Å²) in [5.41, 5.74) is 0. The van der Waals surface area contributed by atoms with Crippen molar-refractivity contribution in [1.29, 1.82) is 0 Å². The zero-order valence-corrected chi connectivity index (χ0v) is 11.7. The first-order chi connectivity index (χ1) is 6.83. The minimum Gasteiger partial charge on any atom is -0.390 e. The Balaban J connectivity index is 0. The van der Waals surface area contributed by atoms with E-state index < -0.39 is 0 Å². The van der Waals surface area contributed by atoms with Crippen LogP contribution in [0.15, 0.2) is 0 Å². The molecule has 0 amide bonds. The minimum absolute atomic E-state index is 0. The summed E-state index contributed by atoms with van der Waals surface area (Å²) in [4.78, 5) is 0. The van der Waals surface area contributed by atoms with Crippen molar-refractivity contribution in [3.05, 3.63) is 0 Å². The third-order valence-electron chi connectivity index (χ3n) is 2.88. The van der Waals surface area contributed by atoms with E-state index >= 15 is 0 Å². The van der Waals surface area contributed by atoms with Gasteiger partial charge >= 0.3 is 0 Å². The van der Waals surface area contributed by atoms with Gasteiger partial charge in [0.25, 0.3) is 0 Å². The van der Waals surface area contributed by atoms with Gasteiger partial charge < -0.3 is 15.7 Å². The van der Waals surface area contributed by atoms with Gasteiger partial charge in [-0.25, -0.2) is 0 Å². The van der Waals surface area contributed by atoms with Crippen LogP contribution in [0.4, 0.5) is 0 Å². The Kier molecular flexibility index (Phi) is 14.0. The summed E-state index contributed by atoms with van der Waals surface area (Å²) in [6.45, 7) is 4.43. The summed E-state index contributed by atoms with van der Waals surface area (Å²) in [6.07, 6.45) is 6.42. The van der Waals surface area contributed by atoms with Crippen LogP contribution >= 0.6 is 24.8 Å². The lowest BCUT2D eigenvalue weighted by Gasteiger charge is -2.24. The Morgan fingerprint density at radius 1 is 1.12 bits per heavy atom. The SMILES string of the molecule is CCNCC(O)CNC1CCCCC1.Cl.Cl. The molecule has 16 heavy (non-hydrogen) atoms. The van der Waals surface area contributed by atoms with Crippen molar-refractivity contribution in [2.24, 2.45) is 0 Å². The smallest absolute Gasteiger partial charge is 0.0788 e. The van der Waals surface area contributed by atoms with Gasteiger partial charge in [-0.2, -0.15) is 0 Å². The van der Waals surface area contributed by atoms with Gasteiger partial charge in [0.2, 0.25) is 0 Å². The zero-order valence-electron chi connectivity index (χ0n) is 10.1. The van der Waals surface area contributed by atoms with Gasteiger partial charge in [0.1, 0.15) is 0 Å². The maximum atomic E-state index is 9.59. The maximum absolute atomic E-state index is 9.59. The fraction of sp³-hybridized carbons (Fsp3) is 1.00. The minimum atomic E-state index is -0.239. The van der Waals surface area contributed by atoms with Crippen LogP contribution in [-0.2, 0) is 0 Å². The van der Waals surface area contributed by atoms with E-state index in [0.717, 1.165) is 13.1 Å². The van der Waals surface area contributed by atoms with E-state index in [9.17, 15) is 5.11 Å². The molecule has 0 spiro atoms. The molecule has 0 aromatic carbocycles. The van der Waals surface area contributed by atoms with Crippen LogP contribution in [0, 0.1) is 0 Å². The molecule has 1 aliphatic carbocycles. The predicted molar refractivity (Wildman–Crippen MR) is 73.9 cm³/mol. The second kappa shape index (κ2) is 11.9. The summed E-state index contributed by atoms with van der Waals surface area (Å²) >= 11 is 0. The van der Waals surface area contributed by atoms with Gasteiger partial charge in [0.15, 0.2) is 0 Å². The highest BCUT2D eigenvalue weighted by atomic mass is 35.5. The lowest BCUT2D eigenvalue weighted by Crippen LogP contribution is -2.40. The van der Waals surface area contributed by atoms with Gasteiger partial charge in [-0.1, -0.05) is 26.2 Å². The molecule has 1 atom stereocenters. The second-order valence-corrected chi connectivity index (χ2v) is 4.20. The average molecular weight is 273 g/mol. The van der Waals surface area contributed by atoms with Crippen LogP contribution in [-0.4, -0.2) is 36.9 Å². The summed E-state index contributed by atoms with van der Waals surface area (Å²) in [7, 11) is 0. The van der Waals surface area contributed by atoms with Crippen molar-refractivity contribution in [1.82, 2.24) is 10.6 Å². The molecule has 1 rings (SSSR count). The van der Waals surface area contributed by atoms with E-state index in [2.05, 4.69) is 17.6 Å². The number of hydrogen-bond donors (Lipinski definition) is 3. The summed E-state index contributed by atoms with van der Waals surface area (Å²) in [5, 5.41) is 16.2. The van der Waals surface area contributed by atoms with Crippen molar-refractivity contribution >= 4 is 24.8 Å². The number of aliphatic hydroxyl groups excluding tert-OH is 1. The molecule has 3 N–H and O–H groups in total. The van der Waals surface area contributed by atoms with Crippen LogP contribution in [0.2, 0.25) is 0 Å². The Morgan fingerprint density at radius 3 is 2.31 bits per heavy atom. The molecule has 0 bridgehead atoms. The third kappa shape index (κ3) is 8.59. The number of rotatable bonds is 6. The molecule has 1 aliphatic rings. The molecular formula is C11H26Cl2N2O. The Bertz CT molecular complexity index is 144. The fourth-order valence-corrected chi connectivity index (χ4v) is 1.99. The highest BCUT2D eigenvalue weighted by Gasteiger charge is 2.13. The number of aliphatic hydroxyl groups is 1. The lowest BCUT2D eigenvalue weighted by atomic mass is 9.95. The van der Waals surface area contributed by atoms with E-state index in [-0.39, 0.29) is 30.9 Å². The molecule has 1 fully saturated rings. The maximum Gasteiger partial charge on any atom is 0.0788 e. The van der Waals surface area contributed by atoms with Crippen LogP contribution in [0.3, 0.4) is 0 Å².